The van der Waals surface area contributed by atoms with Crippen LogP contribution >= 0.6 is 12.6 Å². The Bertz CT molecular complexity index is 791. The van der Waals surface area contributed by atoms with Gasteiger partial charge in [-0.05, 0) is 51.6 Å². The zero-order valence-corrected chi connectivity index (χ0v) is 21.9. The van der Waals surface area contributed by atoms with Gasteiger partial charge in [0.05, 0.1) is 6.04 Å². The van der Waals surface area contributed by atoms with Crippen LogP contribution in [0.5, 0.6) is 0 Å². The molecule has 0 aliphatic carbocycles. The summed E-state index contributed by atoms with van der Waals surface area (Å²) in [6.07, 6.45) is 4.56. The molecule has 0 aromatic carbocycles. The molecular weight excluding hydrogens is 502 g/mol. The molecule has 15 heteroatoms. The first-order chi connectivity index (χ1) is 17.5. The Hall–Kier alpha value is -2.40. The topological polar surface area (TPSA) is 241 Å². The molecule has 0 aromatic heterocycles. The zero-order valence-electron chi connectivity index (χ0n) is 21.0. The summed E-state index contributed by atoms with van der Waals surface area (Å²) in [5.41, 5.74) is 21.8. The molecule has 0 spiro atoms. The lowest BCUT2D eigenvalue weighted by atomic mass is 10.1. The molecule has 0 fully saturated rings. The number of hydrogen-bond acceptors (Lipinski definition) is 11. The van der Waals surface area contributed by atoms with Crippen LogP contribution < -0.4 is 44.2 Å². The molecule has 0 bridgehead atoms. The van der Waals surface area contributed by atoms with Gasteiger partial charge in [0.15, 0.2) is 0 Å². The summed E-state index contributed by atoms with van der Waals surface area (Å²) < 4.78 is 0. The van der Waals surface area contributed by atoms with Crippen LogP contribution in [0.15, 0.2) is 12.2 Å². The van der Waals surface area contributed by atoms with Crippen LogP contribution in [0.4, 0.5) is 0 Å². The quantitative estimate of drug-likeness (QED) is 0.0325. The van der Waals surface area contributed by atoms with Crippen molar-refractivity contribution in [3.05, 3.63) is 12.2 Å². The third-order valence-corrected chi connectivity index (χ3v) is 5.86. The monoisotopic (exact) mass is 543 g/mol. The Balaban J connectivity index is 2.55. The summed E-state index contributed by atoms with van der Waals surface area (Å²) in [4.78, 5) is 61.7. The van der Waals surface area contributed by atoms with Crippen molar-refractivity contribution in [1.29, 1.82) is 0 Å². The number of imide groups is 1. The molecule has 0 unspecified atom stereocenters. The molecule has 37 heavy (non-hydrogen) atoms. The molecule has 2 atom stereocenters. The summed E-state index contributed by atoms with van der Waals surface area (Å²) in [6, 6.07) is -1.72. The first-order valence-electron chi connectivity index (χ1n) is 12.4. The molecule has 1 aliphatic rings. The molecule has 210 valence electrons. The third kappa shape index (κ3) is 14.2. The lowest BCUT2D eigenvalue weighted by Crippen LogP contribution is -2.51. The van der Waals surface area contributed by atoms with Gasteiger partial charge < -0.3 is 33.6 Å². The van der Waals surface area contributed by atoms with Crippen LogP contribution in [0.25, 0.3) is 0 Å². The Morgan fingerprint density at radius 2 is 1.32 bits per heavy atom. The standard InChI is InChI=1S/C22H41N9O5S/c23-21(24)27-11-4-6-14(19(35)30-15(20(36)37)7-5-12-28-22(25)26)29-16(32)8-2-1-3-13-31-17(33)9-10-18(31)34/h9-10,14-15,21-22,27-28H,1-8,11-13,23-26H2,(H,29,32)(H,30,35)(H,36,37)/t14-,15-/m0/s1. The number of thiol groups is 1. The highest BCUT2D eigenvalue weighted by Crippen LogP contribution is 2.09. The van der Waals surface area contributed by atoms with E-state index >= 15 is 0 Å². The van der Waals surface area contributed by atoms with E-state index < -0.39 is 35.7 Å². The van der Waals surface area contributed by atoms with Gasteiger partial charge in [0.2, 0.25) is 16.9 Å². The molecule has 0 aromatic rings. The normalized spacial score (nSPS) is 14.9. The smallest absolute Gasteiger partial charge is 0.253 e. The van der Waals surface area contributed by atoms with E-state index in [0.29, 0.717) is 64.6 Å². The summed E-state index contributed by atoms with van der Waals surface area (Å²) in [5.74, 6) is -1.49. The lowest BCUT2D eigenvalue weighted by Gasteiger charge is -2.22. The highest BCUT2D eigenvalue weighted by atomic mass is 32.1. The highest BCUT2D eigenvalue weighted by molar-refractivity contribution is 7.96. The van der Waals surface area contributed by atoms with Crippen molar-refractivity contribution in [3.63, 3.8) is 0 Å². The molecule has 1 aliphatic heterocycles. The second-order valence-corrected chi connectivity index (χ2v) is 9.18. The molecule has 1 rings (SSSR count). The van der Waals surface area contributed by atoms with Crippen LogP contribution in [0.1, 0.15) is 51.4 Å². The maximum atomic E-state index is 12.9. The SMILES string of the molecule is NC(N)NCCC[C@H](NC(=O)[C@H](CCCNC(N)N)NC(=O)CCCCCN1C(=O)C=CC1=O)C(=O)S. The van der Waals surface area contributed by atoms with Gasteiger partial charge in [-0.1, -0.05) is 6.42 Å². The van der Waals surface area contributed by atoms with E-state index in [1.807, 2.05) is 0 Å². The lowest BCUT2D eigenvalue weighted by molar-refractivity contribution is -0.137. The number of nitrogens with one attached hydrogen (secondary N) is 4. The fourth-order valence-corrected chi connectivity index (χ4v) is 3.79. The Labute approximate surface area is 222 Å². The van der Waals surface area contributed by atoms with Crippen LogP contribution in [-0.4, -0.2) is 77.9 Å². The predicted molar refractivity (Wildman–Crippen MR) is 141 cm³/mol. The fourth-order valence-electron chi connectivity index (χ4n) is 3.60. The molecule has 14 nitrogen and oxygen atoms in total. The van der Waals surface area contributed by atoms with Gasteiger partial charge in [-0.15, -0.1) is 12.6 Å². The largest absolute Gasteiger partial charge is 0.344 e. The van der Waals surface area contributed by atoms with Crippen molar-refractivity contribution in [2.24, 2.45) is 22.9 Å². The first-order valence-corrected chi connectivity index (χ1v) is 12.8. The van der Waals surface area contributed by atoms with E-state index in [2.05, 4.69) is 33.9 Å². The number of nitrogens with two attached hydrogens (primary N) is 4. The average molecular weight is 544 g/mol. The third-order valence-electron chi connectivity index (χ3n) is 5.55. The van der Waals surface area contributed by atoms with Gasteiger partial charge in [-0.25, -0.2) is 0 Å². The van der Waals surface area contributed by atoms with Gasteiger partial charge in [-0.2, -0.15) is 0 Å². The molecule has 0 saturated carbocycles. The van der Waals surface area contributed by atoms with Crippen molar-refractivity contribution in [2.75, 3.05) is 19.6 Å². The van der Waals surface area contributed by atoms with Crippen LogP contribution in [-0.2, 0) is 24.0 Å². The number of nitrogens with zero attached hydrogens (tertiary/aromatic N) is 1. The van der Waals surface area contributed by atoms with Crippen molar-refractivity contribution >= 4 is 41.4 Å². The van der Waals surface area contributed by atoms with Gasteiger partial charge in [-0.3, -0.25) is 39.5 Å². The molecule has 0 saturated heterocycles. The highest BCUT2D eigenvalue weighted by Gasteiger charge is 2.25. The Morgan fingerprint density at radius 1 is 0.784 bits per heavy atom. The van der Waals surface area contributed by atoms with Gasteiger partial charge in [0.25, 0.3) is 11.8 Å². The van der Waals surface area contributed by atoms with Crippen LogP contribution in [0, 0.1) is 0 Å². The molecule has 4 amide bonds. The van der Waals surface area contributed by atoms with E-state index in [0.717, 1.165) is 4.90 Å². The minimum Gasteiger partial charge on any atom is -0.344 e. The maximum Gasteiger partial charge on any atom is 0.253 e. The first kappa shape index (κ1) is 32.6. The summed E-state index contributed by atoms with van der Waals surface area (Å²) in [5, 5.41) is 10.5. The summed E-state index contributed by atoms with van der Waals surface area (Å²) in [6.45, 7) is 1.17. The van der Waals surface area contributed by atoms with Gasteiger partial charge in [0.1, 0.15) is 18.6 Å². The number of carbonyl (C=O) groups is 5. The number of carbonyl (C=O) groups excluding carboxylic acids is 5. The van der Waals surface area contributed by atoms with Crippen molar-refractivity contribution in [2.45, 2.75) is 76.0 Å². The van der Waals surface area contributed by atoms with E-state index in [-0.39, 0.29) is 24.1 Å². The maximum absolute atomic E-state index is 12.9. The fraction of sp³-hybridized carbons (Fsp3) is 0.682. The predicted octanol–water partition coefficient (Wildman–Crippen LogP) is -2.96. The van der Waals surface area contributed by atoms with E-state index in [9.17, 15) is 24.0 Å². The number of amides is 4. The van der Waals surface area contributed by atoms with Crippen molar-refractivity contribution in [3.8, 4) is 0 Å². The van der Waals surface area contributed by atoms with E-state index in [1.54, 1.807) is 0 Å². The minimum absolute atomic E-state index is 0.162. The molecule has 12 N–H and O–H groups in total. The van der Waals surface area contributed by atoms with E-state index in [4.69, 9.17) is 22.9 Å². The molecular formula is C22H41N9O5S. The summed E-state index contributed by atoms with van der Waals surface area (Å²) in [7, 11) is 0. The van der Waals surface area contributed by atoms with Crippen molar-refractivity contribution < 1.29 is 24.0 Å². The number of unbranched alkanes of at least 4 members (excludes halogenated alkanes) is 2. The molecule has 1 heterocycles. The van der Waals surface area contributed by atoms with Gasteiger partial charge in [0, 0.05) is 25.1 Å². The van der Waals surface area contributed by atoms with E-state index in [1.165, 1.54) is 12.2 Å². The minimum atomic E-state index is -0.875. The van der Waals surface area contributed by atoms with Crippen LogP contribution in [0.3, 0.4) is 0 Å². The van der Waals surface area contributed by atoms with Gasteiger partial charge >= 0.3 is 0 Å². The molecule has 0 radical (unpaired) electrons. The van der Waals surface area contributed by atoms with Crippen LogP contribution in [0.2, 0.25) is 0 Å². The second kappa shape index (κ2) is 18.0. The Kier molecular flexibility index (Phi) is 15.8. The average Bonchev–Trinajstić information content (AvgIpc) is 3.14. The number of rotatable bonds is 20. The second-order valence-electron chi connectivity index (χ2n) is 8.74. The van der Waals surface area contributed by atoms with Crippen molar-refractivity contribution in [1.82, 2.24) is 26.2 Å². The Morgan fingerprint density at radius 3 is 1.84 bits per heavy atom. The summed E-state index contributed by atoms with van der Waals surface area (Å²) >= 11 is 3.87. The number of hydrogen-bond donors (Lipinski definition) is 9. The zero-order chi connectivity index (χ0) is 27.8.